The fourth-order valence-electron chi connectivity index (χ4n) is 3.15. The number of hydrogen-bond acceptors (Lipinski definition) is 9. The Hall–Kier alpha value is -3.05. The van der Waals surface area contributed by atoms with Crippen molar-refractivity contribution in [2.75, 3.05) is 7.11 Å². The molecule has 1 aromatic carbocycles. The SMILES string of the molecule is CC.CCC(=O)c1c(O)cc(C(C)CC/C=C/NC(=O)OC)oc1=O.CCc1sc(Oc2ccc(Cl)c(Cl)c2)nc1Cl. The third-order valence-electron chi connectivity index (χ3n) is 5.35. The van der Waals surface area contributed by atoms with Crippen LogP contribution in [0.3, 0.4) is 0 Å². The molecule has 3 aromatic rings. The van der Waals surface area contributed by atoms with Crippen LogP contribution in [0.5, 0.6) is 16.7 Å². The van der Waals surface area contributed by atoms with E-state index in [9.17, 15) is 19.5 Å². The van der Waals surface area contributed by atoms with Gasteiger partial charge in [-0.3, -0.25) is 10.1 Å². The molecule has 0 saturated heterocycles. The predicted molar refractivity (Wildman–Crippen MR) is 168 cm³/mol. The average Bonchev–Trinajstić information content (AvgIpc) is 3.33. The number of nitrogens with zero attached hydrogens (tertiary/aromatic N) is 1. The molecule has 1 amide bonds. The van der Waals surface area contributed by atoms with Crippen LogP contribution in [0.1, 0.15) is 80.8 Å². The fourth-order valence-corrected chi connectivity index (χ4v) is 4.57. The summed E-state index contributed by atoms with van der Waals surface area (Å²) in [7, 11) is 1.27. The van der Waals surface area contributed by atoms with Crippen molar-refractivity contribution in [2.24, 2.45) is 0 Å². The number of rotatable bonds is 10. The molecule has 0 fully saturated rings. The van der Waals surface area contributed by atoms with Crippen LogP contribution in [0.15, 0.2) is 45.8 Å². The van der Waals surface area contributed by atoms with Crippen LogP contribution < -0.4 is 15.7 Å². The Bertz CT molecular complexity index is 1410. The molecule has 9 nitrogen and oxygen atoms in total. The lowest BCUT2D eigenvalue weighted by Crippen LogP contribution is -2.16. The van der Waals surface area contributed by atoms with Crippen molar-refractivity contribution in [2.45, 2.75) is 66.2 Å². The lowest BCUT2D eigenvalue weighted by molar-refractivity contribution is 0.0980. The molecule has 1 unspecified atom stereocenters. The zero-order valence-corrected chi connectivity index (χ0v) is 27.3. The highest BCUT2D eigenvalue weighted by atomic mass is 35.5. The standard InChI is InChI=1S/C16H21NO6.C11H8Cl3NOS.C2H6/c1-4-11(18)14-12(19)9-13(23-15(14)20)10(2)7-5-6-8-17-16(21)22-3;1-2-9-10(14)15-11(17-9)16-6-3-4-7(12)8(13)5-6;1-2/h6,8-10,19H,4-5,7H2,1-3H3,(H,17,21);3-5H,2H2,1H3;1-2H3/b8-6+;;. The van der Waals surface area contributed by atoms with Gasteiger partial charge in [0.15, 0.2) is 5.78 Å². The van der Waals surface area contributed by atoms with Crippen molar-refractivity contribution in [3.63, 3.8) is 0 Å². The molecule has 42 heavy (non-hydrogen) atoms. The smallest absolute Gasteiger partial charge is 0.410 e. The van der Waals surface area contributed by atoms with Crippen LogP contribution in [0.2, 0.25) is 15.2 Å². The van der Waals surface area contributed by atoms with Crippen LogP contribution in [0.4, 0.5) is 4.79 Å². The van der Waals surface area contributed by atoms with Crippen LogP contribution >= 0.6 is 46.1 Å². The van der Waals surface area contributed by atoms with E-state index < -0.39 is 17.5 Å². The molecule has 3 rings (SSSR count). The second kappa shape index (κ2) is 19.2. The summed E-state index contributed by atoms with van der Waals surface area (Å²) < 4.78 is 15.1. The number of amides is 1. The zero-order chi connectivity index (χ0) is 31.8. The van der Waals surface area contributed by atoms with Gasteiger partial charge in [0.2, 0.25) is 0 Å². The highest BCUT2D eigenvalue weighted by molar-refractivity contribution is 7.14. The Labute approximate surface area is 264 Å². The number of aryl methyl sites for hydroxylation is 1. The number of nitrogens with one attached hydrogen (secondary N) is 1. The summed E-state index contributed by atoms with van der Waals surface area (Å²) in [5.41, 5.74) is -1.12. The minimum Gasteiger partial charge on any atom is -0.507 e. The molecule has 0 aliphatic heterocycles. The number of hydrogen-bond donors (Lipinski definition) is 2. The molecule has 2 aromatic heterocycles. The number of ketones is 1. The number of benzene rings is 1. The highest BCUT2D eigenvalue weighted by Gasteiger charge is 2.19. The van der Waals surface area contributed by atoms with E-state index in [-0.39, 0.29) is 23.7 Å². The molecule has 2 N–H and O–H groups in total. The number of halogens is 3. The van der Waals surface area contributed by atoms with Crippen LogP contribution in [0.25, 0.3) is 0 Å². The van der Waals surface area contributed by atoms with Gasteiger partial charge in [-0.15, -0.1) is 0 Å². The molecule has 0 saturated carbocycles. The van der Waals surface area contributed by atoms with E-state index in [0.29, 0.717) is 44.7 Å². The van der Waals surface area contributed by atoms with E-state index in [2.05, 4.69) is 15.0 Å². The van der Waals surface area contributed by atoms with E-state index in [0.717, 1.165) is 11.3 Å². The number of allylic oxidation sites excluding steroid dienone is 1. The van der Waals surface area contributed by atoms with Crippen molar-refractivity contribution >= 4 is 58.0 Å². The first-order chi connectivity index (χ1) is 20.0. The Balaban J connectivity index is 0.000000411. The average molecular weight is 662 g/mol. The summed E-state index contributed by atoms with van der Waals surface area (Å²) in [6, 6.07) is 6.36. The van der Waals surface area contributed by atoms with Gasteiger partial charge < -0.3 is 19.0 Å². The van der Waals surface area contributed by atoms with E-state index in [1.54, 1.807) is 31.2 Å². The molecule has 230 valence electrons. The highest BCUT2D eigenvalue weighted by Crippen LogP contribution is 2.34. The first-order valence-electron chi connectivity index (χ1n) is 13.2. The number of ether oxygens (including phenoxy) is 2. The summed E-state index contributed by atoms with van der Waals surface area (Å²) in [6.07, 6.45) is 4.84. The molecule has 2 heterocycles. The van der Waals surface area contributed by atoms with Gasteiger partial charge in [0.1, 0.15) is 28.0 Å². The lowest BCUT2D eigenvalue weighted by Gasteiger charge is -2.10. The maximum Gasteiger partial charge on any atom is 0.410 e. The number of aromatic hydroxyl groups is 1. The first kappa shape index (κ1) is 37.0. The lowest BCUT2D eigenvalue weighted by atomic mass is 10.0. The van der Waals surface area contributed by atoms with E-state index in [1.807, 2.05) is 27.7 Å². The summed E-state index contributed by atoms with van der Waals surface area (Å²) in [5, 5.41) is 14.2. The Morgan fingerprint density at radius 3 is 2.40 bits per heavy atom. The van der Waals surface area contributed by atoms with Crippen molar-refractivity contribution in [1.29, 1.82) is 0 Å². The van der Waals surface area contributed by atoms with E-state index >= 15 is 0 Å². The van der Waals surface area contributed by atoms with Crippen LogP contribution in [-0.2, 0) is 11.2 Å². The maximum absolute atomic E-state index is 11.8. The van der Waals surface area contributed by atoms with Crippen molar-refractivity contribution < 1.29 is 28.6 Å². The first-order valence-corrected chi connectivity index (χ1v) is 15.1. The topological polar surface area (TPSA) is 128 Å². The number of thiazole rings is 1. The number of aromatic nitrogens is 1. The fraction of sp³-hybridized carbons (Fsp3) is 0.379. The maximum atomic E-state index is 11.8. The Morgan fingerprint density at radius 2 is 1.86 bits per heavy atom. The second-order valence-corrected chi connectivity index (χ2v) is 10.4. The quantitative estimate of drug-likeness (QED) is 0.206. The van der Waals surface area contributed by atoms with Gasteiger partial charge in [0.25, 0.3) is 5.19 Å². The summed E-state index contributed by atoms with van der Waals surface area (Å²) in [6.45, 7) is 9.45. The molecule has 0 bridgehead atoms. The largest absolute Gasteiger partial charge is 0.507 e. The number of carbonyl (C=O) groups is 2. The van der Waals surface area contributed by atoms with Crippen LogP contribution in [-0.4, -0.2) is 29.1 Å². The zero-order valence-electron chi connectivity index (χ0n) is 24.3. The minimum absolute atomic E-state index is 0.116. The predicted octanol–water partition coefficient (Wildman–Crippen LogP) is 9.18. The number of alkyl carbamates (subject to hydrolysis) is 1. The third-order valence-corrected chi connectivity index (χ3v) is 7.59. The van der Waals surface area contributed by atoms with Gasteiger partial charge in [-0.1, -0.05) is 86.8 Å². The molecule has 0 radical (unpaired) electrons. The molecule has 0 aliphatic rings. The number of methoxy groups -OCH3 is 1. The van der Waals surface area contributed by atoms with Crippen molar-refractivity contribution in [1.82, 2.24) is 10.3 Å². The third kappa shape index (κ3) is 11.7. The van der Waals surface area contributed by atoms with Gasteiger partial charge in [-0.25, -0.2) is 9.59 Å². The van der Waals surface area contributed by atoms with Crippen molar-refractivity contribution in [3.05, 3.63) is 78.4 Å². The Kier molecular flexibility index (Phi) is 16.9. The Morgan fingerprint density at radius 1 is 1.17 bits per heavy atom. The van der Waals surface area contributed by atoms with E-state index in [1.165, 1.54) is 30.7 Å². The summed E-state index contributed by atoms with van der Waals surface area (Å²) in [4.78, 5) is 39.4. The minimum atomic E-state index is -0.818. The van der Waals surface area contributed by atoms with Gasteiger partial charge in [0, 0.05) is 35.5 Å². The monoisotopic (exact) mass is 660 g/mol. The summed E-state index contributed by atoms with van der Waals surface area (Å²) >= 11 is 19.1. The van der Waals surface area contributed by atoms with Crippen molar-refractivity contribution in [3.8, 4) is 16.7 Å². The van der Waals surface area contributed by atoms with E-state index in [4.69, 9.17) is 44.0 Å². The molecule has 13 heteroatoms. The van der Waals surface area contributed by atoms with Gasteiger partial charge in [-0.2, -0.15) is 4.98 Å². The normalized spacial score (nSPS) is 11.1. The van der Waals surface area contributed by atoms with Gasteiger partial charge >= 0.3 is 11.7 Å². The molecule has 0 spiro atoms. The number of carbonyl (C=O) groups excluding carboxylic acids is 2. The second-order valence-electron chi connectivity index (χ2n) is 8.22. The molecular weight excluding hydrogens is 627 g/mol. The van der Waals surface area contributed by atoms with Gasteiger partial charge in [0.05, 0.1) is 17.2 Å². The summed E-state index contributed by atoms with van der Waals surface area (Å²) in [5.74, 6) is -0.0331. The van der Waals surface area contributed by atoms with Gasteiger partial charge in [-0.05, 0) is 31.4 Å². The van der Waals surface area contributed by atoms with Crippen LogP contribution in [0, 0.1) is 0 Å². The molecule has 1 atom stereocenters. The number of Topliss-reactive ketones (excluding diaryl/α,β-unsaturated/α-hetero) is 1. The molecular formula is C29H35Cl3N2O7S. The molecule has 0 aliphatic carbocycles.